The molecule has 0 saturated heterocycles. The van der Waals surface area contributed by atoms with E-state index in [1.807, 2.05) is 0 Å². The predicted molar refractivity (Wildman–Crippen MR) is 118 cm³/mol. The third-order valence-electron chi connectivity index (χ3n) is 10.8. The molecule has 8 atom stereocenters. The minimum Gasteiger partial charge on any atom is -0.0628 e. The molecule has 0 spiro atoms. The molecule has 4 saturated carbocycles. The third kappa shape index (κ3) is 3.44. The van der Waals surface area contributed by atoms with Crippen molar-refractivity contribution in [2.24, 2.45) is 52.3 Å². The summed E-state index contributed by atoms with van der Waals surface area (Å²) in [4.78, 5) is 0. The van der Waals surface area contributed by atoms with Crippen LogP contribution in [0.5, 0.6) is 0 Å². The molecule has 1 unspecified atom stereocenters. The van der Waals surface area contributed by atoms with Crippen molar-refractivity contribution in [3.05, 3.63) is 0 Å². The normalized spacial score (nSPS) is 48.0. The van der Waals surface area contributed by atoms with E-state index < -0.39 is 0 Å². The summed E-state index contributed by atoms with van der Waals surface area (Å²) in [5, 5.41) is 0. The quantitative estimate of drug-likeness (QED) is 0.453. The molecule has 156 valence electrons. The van der Waals surface area contributed by atoms with Crippen LogP contribution in [-0.4, -0.2) is 0 Å². The Morgan fingerprint density at radius 1 is 0.741 bits per heavy atom. The molecule has 0 heteroatoms. The molecule has 0 N–H and O–H groups in total. The van der Waals surface area contributed by atoms with Crippen LogP contribution in [0.2, 0.25) is 0 Å². The molecule has 0 nitrogen and oxygen atoms in total. The number of rotatable bonds is 5. The van der Waals surface area contributed by atoms with Crippen molar-refractivity contribution in [2.45, 2.75) is 118 Å². The van der Waals surface area contributed by atoms with Gasteiger partial charge in [0.25, 0.3) is 0 Å². The lowest BCUT2D eigenvalue weighted by molar-refractivity contribution is -0.114. The van der Waals surface area contributed by atoms with Gasteiger partial charge in [-0.25, -0.2) is 0 Å². The molecule has 0 radical (unpaired) electrons. The Labute approximate surface area is 170 Å². The Balaban J connectivity index is 1.46. The average Bonchev–Trinajstić information content (AvgIpc) is 2.98. The Morgan fingerprint density at radius 3 is 2.30 bits per heavy atom. The monoisotopic (exact) mass is 372 g/mol. The smallest absolute Gasteiger partial charge is 0.0264 e. The van der Waals surface area contributed by atoms with Crippen LogP contribution in [0.25, 0.3) is 0 Å². The van der Waals surface area contributed by atoms with E-state index in [9.17, 15) is 0 Å². The third-order valence-corrected chi connectivity index (χ3v) is 10.8. The van der Waals surface area contributed by atoms with Gasteiger partial charge in [0.2, 0.25) is 0 Å². The van der Waals surface area contributed by atoms with Crippen LogP contribution < -0.4 is 0 Å². The Morgan fingerprint density at radius 2 is 1.52 bits per heavy atom. The summed E-state index contributed by atoms with van der Waals surface area (Å²) in [7, 11) is 0. The summed E-state index contributed by atoms with van der Waals surface area (Å²) in [6.07, 6.45) is 19.9. The maximum Gasteiger partial charge on any atom is -0.0264 e. The van der Waals surface area contributed by atoms with Gasteiger partial charge in [-0.05, 0) is 104 Å². The summed E-state index contributed by atoms with van der Waals surface area (Å²) < 4.78 is 0. The zero-order chi connectivity index (χ0) is 19.2. The minimum absolute atomic E-state index is 0.677. The molecule has 4 rings (SSSR count). The fraction of sp³-hybridized carbons (Fsp3) is 1.00. The van der Waals surface area contributed by atoms with E-state index in [1.54, 1.807) is 51.4 Å². The Bertz CT molecular complexity index is 506. The second-order valence-electron chi connectivity index (χ2n) is 12.4. The first-order chi connectivity index (χ1) is 12.9. The maximum absolute atomic E-state index is 2.75. The average molecular weight is 373 g/mol. The first kappa shape index (κ1) is 20.3. The first-order valence-electron chi connectivity index (χ1n) is 12.9. The van der Waals surface area contributed by atoms with Gasteiger partial charge in [0.05, 0.1) is 0 Å². The highest BCUT2D eigenvalue weighted by molar-refractivity contribution is 5.09. The maximum atomic E-state index is 2.75. The van der Waals surface area contributed by atoms with Crippen LogP contribution in [0, 0.1) is 52.3 Å². The molecule has 27 heavy (non-hydrogen) atoms. The summed E-state index contributed by atoms with van der Waals surface area (Å²) in [5.74, 6) is 7.15. The lowest BCUT2D eigenvalue weighted by atomic mass is 9.44. The highest BCUT2D eigenvalue weighted by Gasteiger charge is 2.59. The van der Waals surface area contributed by atoms with Gasteiger partial charge in [-0.1, -0.05) is 66.7 Å². The summed E-state index contributed by atoms with van der Waals surface area (Å²) in [6.45, 7) is 12.9. The van der Waals surface area contributed by atoms with Gasteiger partial charge in [0.1, 0.15) is 0 Å². The van der Waals surface area contributed by atoms with Gasteiger partial charge in [0.15, 0.2) is 0 Å². The van der Waals surface area contributed by atoms with Crippen LogP contribution in [-0.2, 0) is 0 Å². The van der Waals surface area contributed by atoms with E-state index in [-0.39, 0.29) is 0 Å². The van der Waals surface area contributed by atoms with Crippen LogP contribution >= 0.6 is 0 Å². The van der Waals surface area contributed by atoms with Crippen molar-refractivity contribution in [3.63, 3.8) is 0 Å². The molecule has 0 aliphatic heterocycles. The molecule has 4 aliphatic rings. The predicted octanol–water partition coefficient (Wildman–Crippen LogP) is 8.50. The molecule has 0 aromatic rings. The highest BCUT2D eigenvalue weighted by atomic mass is 14.6. The van der Waals surface area contributed by atoms with Crippen LogP contribution in [0.1, 0.15) is 118 Å². The van der Waals surface area contributed by atoms with Gasteiger partial charge in [-0.3, -0.25) is 0 Å². The summed E-state index contributed by atoms with van der Waals surface area (Å²) in [6, 6.07) is 0. The second-order valence-corrected chi connectivity index (χ2v) is 12.4. The topological polar surface area (TPSA) is 0 Å². The molecule has 0 heterocycles. The summed E-state index contributed by atoms with van der Waals surface area (Å²) in [5.41, 5.74) is 1.39. The number of hydrogen-bond acceptors (Lipinski definition) is 0. The summed E-state index contributed by atoms with van der Waals surface area (Å²) >= 11 is 0. The van der Waals surface area contributed by atoms with E-state index in [4.69, 9.17) is 0 Å². The second kappa shape index (κ2) is 7.68. The van der Waals surface area contributed by atoms with E-state index in [0.29, 0.717) is 10.8 Å². The van der Waals surface area contributed by atoms with Gasteiger partial charge in [-0.15, -0.1) is 0 Å². The molecule has 4 fully saturated rings. The first-order valence-corrected chi connectivity index (χ1v) is 12.9. The van der Waals surface area contributed by atoms with Crippen molar-refractivity contribution in [1.29, 1.82) is 0 Å². The largest absolute Gasteiger partial charge is 0.0628 e. The lowest BCUT2D eigenvalue weighted by Gasteiger charge is -2.61. The zero-order valence-corrected chi connectivity index (χ0v) is 19.2. The molecule has 0 amide bonds. The van der Waals surface area contributed by atoms with E-state index in [1.165, 1.54) is 32.1 Å². The van der Waals surface area contributed by atoms with Crippen LogP contribution in [0.3, 0.4) is 0 Å². The zero-order valence-electron chi connectivity index (χ0n) is 19.2. The van der Waals surface area contributed by atoms with Crippen molar-refractivity contribution in [2.75, 3.05) is 0 Å². The van der Waals surface area contributed by atoms with E-state index >= 15 is 0 Å². The Kier molecular flexibility index (Phi) is 5.77. The van der Waals surface area contributed by atoms with Gasteiger partial charge < -0.3 is 0 Å². The van der Waals surface area contributed by atoms with Crippen LogP contribution in [0.15, 0.2) is 0 Å². The molecule has 0 aromatic heterocycles. The molecule has 4 aliphatic carbocycles. The van der Waals surface area contributed by atoms with E-state index in [0.717, 1.165) is 41.4 Å². The van der Waals surface area contributed by atoms with Crippen LogP contribution in [0.4, 0.5) is 0 Å². The van der Waals surface area contributed by atoms with Gasteiger partial charge in [-0.2, -0.15) is 0 Å². The molecule has 0 aromatic carbocycles. The molecular weight excluding hydrogens is 324 g/mol. The van der Waals surface area contributed by atoms with Crippen molar-refractivity contribution >= 4 is 0 Å². The van der Waals surface area contributed by atoms with Crippen molar-refractivity contribution < 1.29 is 0 Å². The molecule has 0 bridgehead atoms. The minimum atomic E-state index is 0.677. The van der Waals surface area contributed by atoms with Gasteiger partial charge >= 0.3 is 0 Å². The van der Waals surface area contributed by atoms with Gasteiger partial charge in [0, 0.05) is 0 Å². The molecular formula is C27H48. The van der Waals surface area contributed by atoms with Crippen molar-refractivity contribution in [1.82, 2.24) is 0 Å². The fourth-order valence-electron chi connectivity index (χ4n) is 9.32. The Hall–Kier alpha value is 0. The number of fused-ring (bicyclic) bond motifs is 5. The highest BCUT2D eigenvalue weighted by Crippen LogP contribution is 2.68. The lowest BCUT2D eigenvalue weighted by Crippen LogP contribution is -2.53. The SMILES string of the molecule is CC(C)CCC[C@@H](C)[C@H]1CC[C@@H]2[C@@H]3CCC4CCCC[C@]4(C)[C@H]3CC[C@@]21C. The fourth-order valence-corrected chi connectivity index (χ4v) is 9.32. The number of hydrogen-bond donors (Lipinski definition) is 0. The van der Waals surface area contributed by atoms with Crippen molar-refractivity contribution in [3.8, 4) is 0 Å². The van der Waals surface area contributed by atoms with E-state index in [2.05, 4.69) is 34.6 Å². The standard InChI is InChI=1S/C27H48/c1-19(2)9-8-10-20(3)23-14-15-24-22-13-12-21-11-6-7-17-26(21,4)25(22)16-18-27(23,24)5/h19-25H,6-18H2,1-5H3/t20-,21?,22+,23-,24-,25+,26+,27-/m1/s1.